The highest BCUT2D eigenvalue weighted by Crippen LogP contribution is 2.36. The molecule has 1 aliphatic rings. The molecule has 0 saturated carbocycles. The van der Waals surface area contributed by atoms with E-state index in [2.05, 4.69) is 51.8 Å². The van der Waals surface area contributed by atoms with Gasteiger partial charge in [-0.15, -0.1) is 22.7 Å². The summed E-state index contributed by atoms with van der Waals surface area (Å²) in [5.74, 6) is 0.864. The number of fused-ring (bicyclic) bond motifs is 1. The van der Waals surface area contributed by atoms with E-state index in [1.165, 1.54) is 22.5 Å². The van der Waals surface area contributed by atoms with Crippen LogP contribution in [0.5, 0.6) is 0 Å². The standard InChI is InChI=1S/C20H19N3OS2/c1-2-8-18-15(6-1)21-20(26-18)16-7-3-4-10-23(16)13-14-12-17(24-22-14)19-9-5-11-25-19/h1-2,5-6,8-9,11-12,16H,3-4,7,10,13H2/t16-/m1/s1. The largest absolute Gasteiger partial charge is 0.355 e. The highest BCUT2D eigenvalue weighted by molar-refractivity contribution is 7.18. The summed E-state index contributed by atoms with van der Waals surface area (Å²) >= 11 is 3.51. The van der Waals surface area contributed by atoms with Gasteiger partial charge in [-0.05, 0) is 43.0 Å². The number of para-hydroxylation sites is 1. The third kappa shape index (κ3) is 3.09. The Morgan fingerprint density at radius 3 is 3.00 bits per heavy atom. The van der Waals surface area contributed by atoms with Crippen LogP contribution in [-0.4, -0.2) is 21.6 Å². The van der Waals surface area contributed by atoms with Gasteiger partial charge in [0.15, 0.2) is 5.76 Å². The molecule has 0 N–H and O–H groups in total. The summed E-state index contributed by atoms with van der Waals surface area (Å²) < 4.78 is 6.83. The Kier molecular flexibility index (Phi) is 4.32. The van der Waals surface area contributed by atoms with Crippen molar-refractivity contribution in [3.8, 4) is 10.6 Å². The first kappa shape index (κ1) is 16.2. The molecular formula is C20H19N3OS2. The lowest BCUT2D eigenvalue weighted by atomic mass is 10.0. The third-order valence-electron chi connectivity index (χ3n) is 4.90. The second-order valence-corrected chi connectivity index (χ2v) is 8.67. The van der Waals surface area contributed by atoms with E-state index >= 15 is 0 Å². The maximum Gasteiger partial charge on any atom is 0.177 e. The number of hydrogen-bond donors (Lipinski definition) is 0. The fourth-order valence-corrected chi connectivity index (χ4v) is 5.43. The molecule has 0 amide bonds. The van der Waals surface area contributed by atoms with Crippen molar-refractivity contribution >= 4 is 32.9 Å². The van der Waals surface area contributed by atoms with E-state index in [0.29, 0.717) is 6.04 Å². The van der Waals surface area contributed by atoms with Crippen LogP contribution >= 0.6 is 22.7 Å². The Balaban J connectivity index is 1.39. The van der Waals surface area contributed by atoms with Crippen LogP contribution in [0, 0.1) is 0 Å². The minimum atomic E-state index is 0.378. The zero-order valence-electron chi connectivity index (χ0n) is 14.3. The molecule has 0 unspecified atom stereocenters. The molecule has 1 fully saturated rings. The predicted octanol–water partition coefficient (Wildman–Crippen LogP) is 5.74. The molecule has 6 heteroatoms. The number of likely N-dealkylation sites (tertiary alicyclic amines) is 1. The molecule has 0 bridgehead atoms. The van der Waals surface area contributed by atoms with E-state index in [-0.39, 0.29) is 0 Å². The van der Waals surface area contributed by atoms with E-state index in [4.69, 9.17) is 9.51 Å². The van der Waals surface area contributed by atoms with Gasteiger partial charge in [0.1, 0.15) is 5.01 Å². The predicted molar refractivity (Wildman–Crippen MR) is 106 cm³/mol. The molecule has 132 valence electrons. The average Bonchev–Trinajstić information content (AvgIpc) is 3.42. The second kappa shape index (κ2) is 6.95. The summed E-state index contributed by atoms with van der Waals surface area (Å²) in [4.78, 5) is 8.55. The minimum Gasteiger partial charge on any atom is -0.355 e. The zero-order valence-corrected chi connectivity index (χ0v) is 15.9. The zero-order chi connectivity index (χ0) is 17.3. The van der Waals surface area contributed by atoms with Gasteiger partial charge in [0.2, 0.25) is 0 Å². The second-order valence-electron chi connectivity index (χ2n) is 6.66. The topological polar surface area (TPSA) is 42.2 Å². The molecule has 4 aromatic rings. The summed E-state index contributed by atoms with van der Waals surface area (Å²) in [6.45, 7) is 1.90. The van der Waals surface area contributed by atoms with Crippen LogP contribution in [0.15, 0.2) is 52.4 Å². The molecule has 1 saturated heterocycles. The lowest BCUT2D eigenvalue weighted by molar-refractivity contribution is 0.137. The fourth-order valence-electron chi connectivity index (χ4n) is 3.62. The molecule has 0 radical (unpaired) electrons. The van der Waals surface area contributed by atoms with Crippen molar-refractivity contribution in [3.05, 3.63) is 58.5 Å². The van der Waals surface area contributed by atoms with Gasteiger partial charge in [0.25, 0.3) is 0 Å². The molecule has 1 aliphatic heterocycles. The van der Waals surface area contributed by atoms with Crippen molar-refractivity contribution in [2.45, 2.75) is 31.8 Å². The van der Waals surface area contributed by atoms with Gasteiger partial charge in [0, 0.05) is 12.6 Å². The summed E-state index contributed by atoms with van der Waals surface area (Å²) in [7, 11) is 0. The lowest BCUT2D eigenvalue weighted by Gasteiger charge is -2.33. The molecular weight excluding hydrogens is 362 g/mol. The van der Waals surface area contributed by atoms with Crippen molar-refractivity contribution < 1.29 is 4.52 Å². The van der Waals surface area contributed by atoms with Crippen molar-refractivity contribution in [1.29, 1.82) is 0 Å². The van der Waals surface area contributed by atoms with E-state index in [1.807, 2.05) is 17.4 Å². The number of aromatic nitrogens is 2. The van der Waals surface area contributed by atoms with Crippen LogP contribution in [0.4, 0.5) is 0 Å². The highest BCUT2D eigenvalue weighted by Gasteiger charge is 2.27. The van der Waals surface area contributed by atoms with Crippen LogP contribution in [0.2, 0.25) is 0 Å². The van der Waals surface area contributed by atoms with Crippen LogP contribution < -0.4 is 0 Å². The Morgan fingerprint density at radius 2 is 2.12 bits per heavy atom. The van der Waals surface area contributed by atoms with Gasteiger partial charge < -0.3 is 4.52 Å². The normalized spacial score (nSPS) is 18.5. The Labute approximate surface area is 160 Å². The van der Waals surface area contributed by atoms with Crippen molar-refractivity contribution in [1.82, 2.24) is 15.0 Å². The number of thiazole rings is 1. The van der Waals surface area contributed by atoms with Crippen molar-refractivity contribution in [3.63, 3.8) is 0 Å². The summed E-state index contributed by atoms with van der Waals surface area (Å²) in [6.07, 6.45) is 3.66. The number of thiophene rings is 1. The first-order chi connectivity index (χ1) is 12.9. The molecule has 4 heterocycles. The Bertz CT molecular complexity index is 972. The van der Waals surface area contributed by atoms with E-state index in [9.17, 15) is 0 Å². The molecule has 5 rings (SSSR count). The Morgan fingerprint density at radius 1 is 1.15 bits per heavy atom. The maximum atomic E-state index is 5.56. The van der Waals surface area contributed by atoms with Crippen LogP contribution in [0.1, 0.15) is 36.0 Å². The van der Waals surface area contributed by atoms with Crippen LogP contribution in [0.3, 0.4) is 0 Å². The van der Waals surface area contributed by atoms with Crippen molar-refractivity contribution in [2.75, 3.05) is 6.54 Å². The van der Waals surface area contributed by atoms with E-state index < -0.39 is 0 Å². The van der Waals surface area contributed by atoms with Gasteiger partial charge in [-0.2, -0.15) is 0 Å². The van der Waals surface area contributed by atoms with Crippen LogP contribution in [-0.2, 0) is 6.54 Å². The molecule has 1 atom stereocenters. The minimum absolute atomic E-state index is 0.378. The number of piperidine rings is 1. The number of benzene rings is 1. The Hall–Kier alpha value is -2.02. The summed E-state index contributed by atoms with van der Waals surface area (Å²) in [5, 5.41) is 7.60. The fraction of sp³-hybridized carbons (Fsp3) is 0.300. The van der Waals surface area contributed by atoms with Gasteiger partial charge in [0.05, 0.1) is 26.8 Å². The monoisotopic (exact) mass is 381 g/mol. The molecule has 26 heavy (non-hydrogen) atoms. The lowest BCUT2D eigenvalue weighted by Crippen LogP contribution is -2.32. The van der Waals surface area contributed by atoms with Crippen LogP contribution in [0.25, 0.3) is 20.9 Å². The average molecular weight is 382 g/mol. The highest BCUT2D eigenvalue weighted by atomic mass is 32.1. The van der Waals surface area contributed by atoms with Gasteiger partial charge in [-0.25, -0.2) is 4.98 Å². The van der Waals surface area contributed by atoms with Crippen molar-refractivity contribution in [2.24, 2.45) is 0 Å². The first-order valence-corrected chi connectivity index (χ1v) is 10.7. The quantitative estimate of drug-likeness (QED) is 0.452. The molecule has 1 aromatic carbocycles. The maximum absolute atomic E-state index is 5.56. The summed E-state index contributed by atoms with van der Waals surface area (Å²) in [6, 6.07) is 15.0. The first-order valence-electron chi connectivity index (χ1n) is 8.96. The van der Waals surface area contributed by atoms with Gasteiger partial charge in [-0.3, -0.25) is 4.90 Å². The third-order valence-corrected chi connectivity index (χ3v) is 6.92. The van der Waals surface area contributed by atoms with E-state index in [1.54, 1.807) is 11.3 Å². The molecule has 0 spiro atoms. The van der Waals surface area contributed by atoms with Gasteiger partial charge in [-0.1, -0.05) is 29.8 Å². The smallest absolute Gasteiger partial charge is 0.177 e. The number of nitrogens with zero attached hydrogens (tertiary/aromatic N) is 3. The molecule has 3 aromatic heterocycles. The SMILES string of the molecule is c1csc(-c2cc(CN3CCCC[C@@H]3c3nc4ccccc4s3)no2)c1. The number of rotatable bonds is 4. The van der Waals surface area contributed by atoms with E-state index in [0.717, 1.165) is 41.4 Å². The van der Waals surface area contributed by atoms with Gasteiger partial charge >= 0.3 is 0 Å². The number of hydrogen-bond acceptors (Lipinski definition) is 6. The molecule has 4 nitrogen and oxygen atoms in total. The molecule has 0 aliphatic carbocycles. The summed E-state index contributed by atoms with van der Waals surface area (Å²) in [5.41, 5.74) is 2.11.